The summed E-state index contributed by atoms with van der Waals surface area (Å²) < 4.78 is 5.68. The average molecular weight is 316 g/mol. The minimum absolute atomic E-state index is 0.139. The number of para-hydroxylation sites is 1. The summed E-state index contributed by atoms with van der Waals surface area (Å²) in [6.45, 7) is 4.46. The van der Waals surface area contributed by atoms with Gasteiger partial charge in [0.15, 0.2) is 6.61 Å². The maximum Gasteiger partial charge on any atom is 0.260 e. The highest BCUT2D eigenvalue weighted by molar-refractivity contribution is 5.78. The first-order valence-electron chi connectivity index (χ1n) is 9.02. The molecule has 1 atom stereocenters. The van der Waals surface area contributed by atoms with E-state index in [9.17, 15) is 4.79 Å². The molecule has 3 rings (SSSR count). The van der Waals surface area contributed by atoms with Crippen molar-refractivity contribution in [1.29, 1.82) is 0 Å². The minimum atomic E-state index is 0.139. The van der Waals surface area contributed by atoms with Crippen LogP contribution in [0.15, 0.2) is 30.3 Å². The number of rotatable bonds is 5. The summed E-state index contributed by atoms with van der Waals surface area (Å²) in [6.07, 6.45) is 7.33. The molecule has 0 bridgehead atoms. The van der Waals surface area contributed by atoms with Crippen LogP contribution in [0.3, 0.4) is 0 Å². The van der Waals surface area contributed by atoms with Crippen LogP contribution >= 0.6 is 0 Å². The van der Waals surface area contributed by atoms with E-state index in [1.807, 2.05) is 30.3 Å². The number of ether oxygens (including phenoxy) is 1. The van der Waals surface area contributed by atoms with Crippen molar-refractivity contribution in [3.05, 3.63) is 30.3 Å². The molecular weight excluding hydrogens is 288 g/mol. The third-order valence-corrected chi connectivity index (χ3v) is 4.97. The van der Waals surface area contributed by atoms with Gasteiger partial charge >= 0.3 is 0 Å². The summed E-state index contributed by atoms with van der Waals surface area (Å²) in [7, 11) is 0. The fourth-order valence-electron chi connectivity index (χ4n) is 3.70. The van der Waals surface area contributed by atoms with Crippen LogP contribution < -0.4 is 4.74 Å². The number of carbonyl (C=O) groups is 1. The van der Waals surface area contributed by atoms with Crippen molar-refractivity contribution in [3.63, 3.8) is 0 Å². The molecule has 1 aromatic rings. The van der Waals surface area contributed by atoms with E-state index in [4.69, 9.17) is 4.74 Å². The molecule has 1 aromatic carbocycles. The Balaban J connectivity index is 1.57. The summed E-state index contributed by atoms with van der Waals surface area (Å²) in [5.74, 6) is 0.909. The lowest BCUT2D eigenvalue weighted by Crippen LogP contribution is -2.47. The van der Waals surface area contributed by atoms with E-state index in [1.54, 1.807) is 0 Å². The molecule has 2 aliphatic heterocycles. The largest absolute Gasteiger partial charge is 0.484 e. The number of hydrogen-bond donors (Lipinski definition) is 0. The molecule has 23 heavy (non-hydrogen) atoms. The van der Waals surface area contributed by atoms with Gasteiger partial charge in [0, 0.05) is 19.1 Å². The van der Waals surface area contributed by atoms with Crippen LogP contribution in [0.2, 0.25) is 0 Å². The second-order valence-corrected chi connectivity index (χ2v) is 6.70. The molecule has 4 nitrogen and oxygen atoms in total. The van der Waals surface area contributed by atoms with Crippen LogP contribution in [0.1, 0.15) is 38.5 Å². The molecule has 0 saturated carbocycles. The van der Waals surface area contributed by atoms with Crippen molar-refractivity contribution in [1.82, 2.24) is 9.80 Å². The highest BCUT2D eigenvalue weighted by atomic mass is 16.5. The number of benzene rings is 1. The molecule has 2 fully saturated rings. The van der Waals surface area contributed by atoms with Gasteiger partial charge in [-0.1, -0.05) is 31.0 Å². The first kappa shape index (κ1) is 16.3. The number of likely N-dealkylation sites (tertiary alicyclic amines) is 2. The van der Waals surface area contributed by atoms with E-state index in [-0.39, 0.29) is 12.5 Å². The van der Waals surface area contributed by atoms with Gasteiger partial charge in [0.05, 0.1) is 0 Å². The second kappa shape index (κ2) is 8.34. The molecule has 0 aromatic heterocycles. The zero-order valence-electron chi connectivity index (χ0n) is 14.0. The Morgan fingerprint density at radius 3 is 2.52 bits per heavy atom. The maximum absolute atomic E-state index is 12.7. The van der Waals surface area contributed by atoms with Crippen LogP contribution in [0.25, 0.3) is 0 Å². The lowest BCUT2D eigenvalue weighted by Gasteiger charge is -2.33. The van der Waals surface area contributed by atoms with E-state index in [2.05, 4.69) is 9.80 Å². The Bertz CT molecular complexity index is 485. The summed E-state index contributed by atoms with van der Waals surface area (Å²) in [5, 5.41) is 0. The van der Waals surface area contributed by atoms with E-state index in [0.717, 1.165) is 31.7 Å². The normalized spacial score (nSPS) is 22.8. The van der Waals surface area contributed by atoms with E-state index in [0.29, 0.717) is 6.04 Å². The summed E-state index contributed by atoms with van der Waals surface area (Å²) in [5.41, 5.74) is 0. The Hall–Kier alpha value is -1.55. The van der Waals surface area contributed by atoms with Crippen molar-refractivity contribution < 1.29 is 9.53 Å². The number of nitrogens with zero attached hydrogens (tertiary/aromatic N) is 2. The highest BCUT2D eigenvalue weighted by Gasteiger charge is 2.28. The molecule has 0 spiro atoms. The molecule has 0 N–H and O–H groups in total. The van der Waals surface area contributed by atoms with Gasteiger partial charge in [0.25, 0.3) is 5.91 Å². The molecule has 0 radical (unpaired) electrons. The van der Waals surface area contributed by atoms with Crippen LogP contribution in [-0.4, -0.2) is 54.5 Å². The zero-order chi connectivity index (χ0) is 15.9. The fraction of sp³-hybridized carbons (Fsp3) is 0.632. The number of carbonyl (C=O) groups excluding carboxylic acids is 1. The number of amides is 1. The van der Waals surface area contributed by atoms with Crippen LogP contribution in [0, 0.1) is 0 Å². The third kappa shape index (κ3) is 4.71. The van der Waals surface area contributed by atoms with Crippen molar-refractivity contribution in [2.75, 3.05) is 32.8 Å². The van der Waals surface area contributed by atoms with Crippen molar-refractivity contribution in [2.45, 2.75) is 44.6 Å². The van der Waals surface area contributed by atoms with Crippen molar-refractivity contribution in [2.24, 2.45) is 0 Å². The minimum Gasteiger partial charge on any atom is -0.484 e. The predicted molar refractivity (Wildman–Crippen MR) is 91.6 cm³/mol. The quantitative estimate of drug-likeness (QED) is 0.837. The standard InChI is InChI=1S/C19H28N2O2/c22-19(16-23-18-10-4-1-5-11-18)21-14-6-2-3-9-17(21)15-20-12-7-8-13-20/h1,4-5,10-11,17H,2-3,6-9,12-16H2/t17-/m1/s1. The molecule has 4 heteroatoms. The van der Waals surface area contributed by atoms with Crippen molar-refractivity contribution in [3.8, 4) is 5.75 Å². The van der Waals surface area contributed by atoms with E-state index in [1.165, 1.54) is 38.8 Å². The van der Waals surface area contributed by atoms with Crippen LogP contribution in [-0.2, 0) is 4.79 Å². The van der Waals surface area contributed by atoms with Gasteiger partial charge in [-0.15, -0.1) is 0 Å². The molecule has 2 saturated heterocycles. The van der Waals surface area contributed by atoms with Gasteiger partial charge in [0.1, 0.15) is 5.75 Å². The molecule has 126 valence electrons. The Labute approximate surface area is 139 Å². The lowest BCUT2D eigenvalue weighted by molar-refractivity contribution is -0.136. The van der Waals surface area contributed by atoms with Gasteiger partial charge < -0.3 is 14.5 Å². The highest BCUT2D eigenvalue weighted by Crippen LogP contribution is 2.20. The SMILES string of the molecule is O=C(COc1ccccc1)N1CCCCC[C@@H]1CN1CCCC1. The zero-order valence-corrected chi connectivity index (χ0v) is 14.0. The first-order valence-corrected chi connectivity index (χ1v) is 9.02. The Morgan fingerprint density at radius 1 is 1.00 bits per heavy atom. The van der Waals surface area contributed by atoms with E-state index >= 15 is 0 Å². The molecule has 1 amide bonds. The first-order chi connectivity index (χ1) is 11.3. The monoisotopic (exact) mass is 316 g/mol. The molecule has 2 heterocycles. The van der Waals surface area contributed by atoms with E-state index < -0.39 is 0 Å². The van der Waals surface area contributed by atoms with Gasteiger partial charge in [-0.3, -0.25) is 4.79 Å². The van der Waals surface area contributed by atoms with Crippen LogP contribution in [0.5, 0.6) is 5.75 Å². The third-order valence-electron chi connectivity index (χ3n) is 4.97. The van der Waals surface area contributed by atoms with Gasteiger partial charge in [-0.2, -0.15) is 0 Å². The average Bonchev–Trinajstić information content (AvgIpc) is 2.98. The number of hydrogen-bond acceptors (Lipinski definition) is 3. The second-order valence-electron chi connectivity index (χ2n) is 6.70. The smallest absolute Gasteiger partial charge is 0.260 e. The van der Waals surface area contributed by atoms with Crippen molar-refractivity contribution >= 4 is 5.91 Å². The van der Waals surface area contributed by atoms with Gasteiger partial charge in [0.2, 0.25) is 0 Å². The predicted octanol–water partition coefficient (Wildman–Crippen LogP) is 2.93. The summed E-state index contributed by atoms with van der Waals surface area (Å²) >= 11 is 0. The lowest BCUT2D eigenvalue weighted by atomic mass is 10.1. The molecular formula is C19H28N2O2. The Morgan fingerprint density at radius 2 is 1.74 bits per heavy atom. The maximum atomic E-state index is 12.7. The summed E-state index contributed by atoms with van der Waals surface area (Å²) in [6, 6.07) is 9.98. The van der Waals surface area contributed by atoms with Crippen LogP contribution in [0.4, 0.5) is 0 Å². The topological polar surface area (TPSA) is 32.8 Å². The molecule has 0 unspecified atom stereocenters. The fourth-order valence-corrected chi connectivity index (χ4v) is 3.70. The Kier molecular flexibility index (Phi) is 5.92. The molecule has 0 aliphatic carbocycles. The molecule has 2 aliphatic rings. The summed E-state index contributed by atoms with van der Waals surface area (Å²) in [4.78, 5) is 17.3. The van der Waals surface area contributed by atoms with Gasteiger partial charge in [-0.25, -0.2) is 0 Å². The van der Waals surface area contributed by atoms with Gasteiger partial charge in [-0.05, 0) is 50.9 Å².